The molecule has 0 bridgehead atoms. The van der Waals surface area contributed by atoms with Gasteiger partial charge in [0.25, 0.3) is 5.91 Å². The summed E-state index contributed by atoms with van der Waals surface area (Å²) in [4.78, 5) is 35.7. The van der Waals surface area contributed by atoms with Crippen molar-refractivity contribution in [3.05, 3.63) is 29.3 Å². The summed E-state index contributed by atoms with van der Waals surface area (Å²) < 4.78 is 0. The number of aryl methyl sites for hydroxylation is 1. The fourth-order valence-corrected chi connectivity index (χ4v) is 1.99. The molecule has 1 aromatic carbocycles. The van der Waals surface area contributed by atoms with Gasteiger partial charge >= 0.3 is 5.97 Å². The third kappa shape index (κ3) is 4.91. The molecule has 0 aliphatic carbocycles. The largest absolute Gasteiger partial charge is 0.480 e. The molecule has 6 heteroatoms. The van der Waals surface area contributed by atoms with Crippen LogP contribution in [0.4, 0.5) is 5.69 Å². The second kappa shape index (κ2) is 7.42. The fourth-order valence-electron chi connectivity index (χ4n) is 1.99. The van der Waals surface area contributed by atoms with Gasteiger partial charge in [0, 0.05) is 24.7 Å². The van der Waals surface area contributed by atoms with Gasteiger partial charge in [0.2, 0.25) is 5.91 Å². The number of carbonyl (C=O) groups excluding carboxylic acids is 2. The maximum Gasteiger partial charge on any atom is 0.323 e. The normalized spacial score (nSPS) is 10.0. The Morgan fingerprint density at radius 1 is 1.29 bits per heavy atom. The van der Waals surface area contributed by atoms with E-state index in [1.54, 1.807) is 25.1 Å². The number of nitrogens with one attached hydrogen (secondary N) is 1. The first-order chi connectivity index (χ1) is 9.85. The molecular formula is C15H20N2O4. The van der Waals surface area contributed by atoms with Crippen molar-refractivity contribution >= 4 is 23.5 Å². The zero-order valence-corrected chi connectivity index (χ0v) is 12.5. The molecule has 0 aromatic heterocycles. The molecule has 0 fully saturated rings. The van der Waals surface area contributed by atoms with Crippen LogP contribution in [0.1, 0.15) is 36.2 Å². The third-order valence-electron chi connectivity index (χ3n) is 2.90. The number of aliphatic carboxylic acids is 1. The predicted molar refractivity (Wildman–Crippen MR) is 79.3 cm³/mol. The second-order valence-corrected chi connectivity index (χ2v) is 4.83. The zero-order chi connectivity index (χ0) is 16.0. The Morgan fingerprint density at radius 3 is 2.48 bits per heavy atom. The number of carbonyl (C=O) groups is 3. The smallest absolute Gasteiger partial charge is 0.323 e. The molecule has 1 rings (SSSR count). The fraction of sp³-hybridized carbons (Fsp3) is 0.400. The summed E-state index contributed by atoms with van der Waals surface area (Å²) in [5, 5.41) is 11.5. The van der Waals surface area contributed by atoms with Gasteiger partial charge in [-0.1, -0.05) is 13.0 Å². The Bertz CT molecular complexity index is 555. The number of hydrogen-bond acceptors (Lipinski definition) is 3. The monoisotopic (exact) mass is 292 g/mol. The van der Waals surface area contributed by atoms with Crippen LogP contribution in [-0.2, 0) is 9.59 Å². The van der Waals surface area contributed by atoms with Crippen LogP contribution in [0, 0.1) is 6.92 Å². The number of nitrogens with zero attached hydrogens (tertiary/aromatic N) is 1. The number of rotatable bonds is 6. The van der Waals surface area contributed by atoms with Crippen molar-refractivity contribution in [2.45, 2.75) is 27.2 Å². The molecule has 0 saturated heterocycles. The number of benzene rings is 1. The van der Waals surface area contributed by atoms with Crippen LogP contribution in [0.25, 0.3) is 0 Å². The Balaban J connectivity index is 3.07. The minimum absolute atomic E-state index is 0.229. The van der Waals surface area contributed by atoms with Crippen LogP contribution < -0.4 is 5.32 Å². The first kappa shape index (κ1) is 16.7. The molecule has 21 heavy (non-hydrogen) atoms. The first-order valence-electron chi connectivity index (χ1n) is 6.74. The van der Waals surface area contributed by atoms with E-state index in [0.29, 0.717) is 24.2 Å². The highest BCUT2D eigenvalue weighted by Gasteiger charge is 2.19. The van der Waals surface area contributed by atoms with Crippen LogP contribution >= 0.6 is 0 Å². The lowest BCUT2D eigenvalue weighted by Crippen LogP contribution is -2.36. The summed E-state index contributed by atoms with van der Waals surface area (Å²) in [6.45, 7) is 5.07. The number of anilines is 1. The third-order valence-corrected chi connectivity index (χ3v) is 2.90. The van der Waals surface area contributed by atoms with E-state index in [4.69, 9.17) is 5.11 Å². The quantitative estimate of drug-likeness (QED) is 0.838. The Labute approximate surface area is 123 Å². The van der Waals surface area contributed by atoms with E-state index in [0.717, 1.165) is 5.56 Å². The van der Waals surface area contributed by atoms with Crippen molar-refractivity contribution in [1.29, 1.82) is 0 Å². The molecule has 114 valence electrons. The maximum absolute atomic E-state index is 12.5. The lowest BCUT2D eigenvalue weighted by atomic mass is 10.1. The van der Waals surface area contributed by atoms with E-state index in [1.165, 1.54) is 11.8 Å². The molecular weight excluding hydrogens is 272 g/mol. The highest BCUT2D eigenvalue weighted by atomic mass is 16.4. The SMILES string of the molecule is CCCN(CC(=O)O)C(=O)c1cc(NC(C)=O)ccc1C. The molecule has 0 unspecified atom stereocenters. The number of hydrogen-bond donors (Lipinski definition) is 2. The van der Waals surface area contributed by atoms with Crippen LogP contribution in [-0.4, -0.2) is 40.9 Å². The van der Waals surface area contributed by atoms with Crippen molar-refractivity contribution in [1.82, 2.24) is 4.90 Å². The Kier molecular flexibility index (Phi) is 5.90. The predicted octanol–water partition coefficient (Wildman–Crippen LogP) is 1.89. The van der Waals surface area contributed by atoms with Gasteiger partial charge in [0.15, 0.2) is 0 Å². The van der Waals surface area contributed by atoms with E-state index >= 15 is 0 Å². The van der Waals surface area contributed by atoms with Crippen molar-refractivity contribution in [2.24, 2.45) is 0 Å². The average Bonchev–Trinajstić information content (AvgIpc) is 2.38. The molecule has 0 heterocycles. The van der Waals surface area contributed by atoms with Crippen LogP contribution in [0.3, 0.4) is 0 Å². The Hall–Kier alpha value is -2.37. The van der Waals surface area contributed by atoms with Gasteiger partial charge in [0.1, 0.15) is 6.54 Å². The highest BCUT2D eigenvalue weighted by Crippen LogP contribution is 2.17. The van der Waals surface area contributed by atoms with Gasteiger partial charge in [-0.3, -0.25) is 14.4 Å². The van der Waals surface area contributed by atoms with Crippen molar-refractivity contribution in [3.8, 4) is 0 Å². The molecule has 0 aliphatic heterocycles. The number of carboxylic acids is 1. The molecule has 0 saturated carbocycles. The first-order valence-corrected chi connectivity index (χ1v) is 6.74. The molecule has 2 amide bonds. The molecule has 6 nitrogen and oxygen atoms in total. The van der Waals surface area contributed by atoms with Gasteiger partial charge in [0.05, 0.1) is 0 Å². The lowest BCUT2D eigenvalue weighted by molar-refractivity contribution is -0.137. The van der Waals surface area contributed by atoms with E-state index in [2.05, 4.69) is 5.32 Å². The van der Waals surface area contributed by atoms with Crippen LogP contribution in [0.2, 0.25) is 0 Å². The summed E-state index contributed by atoms with van der Waals surface area (Å²) >= 11 is 0. The van der Waals surface area contributed by atoms with Crippen molar-refractivity contribution < 1.29 is 19.5 Å². The van der Waals surface area contributed by atoms with E-state index < -0.39 is 5.97 Å². The van der Waals surface area contributed by atoms with E-state index in [1.807, 2.05) is 6.92 Å². The summed E-state index contributed by atoms with van der Waals surface area (Å²) in [6.07, 6.45) is 0.670. The van der Waals surface area contributed by atoms with Gasteiger partial charge in [-0.2, -0.15) is 0 Å². The average molecular weight is 292 g/mol. The van der Waals surface area contributed by atoms with Gasteiger partial charge in [-0.25, -0.2) is 0 Å². The highest BCUT2D eigenvalue weighted by molar-refractivity contribution is 5.99. The molecule has 1 aromatic rings. The van der Waals surface area contributed by atoms with Crippen LogP contribution in [0.5, 0.6) is 0 Å². The summed E-state index contributed by atoms with van der Waals surface area (Å²) in [5.41, 5.74) is 1.65. The molecule has 0 atom stereocenters. The number of carboxylic acid groups (broad SMARTS) is 1. The van der Waals surface area contributed by atoms with Crippen molar-refractivity contribution in [3.63, 3.8) is 0 Å². The van der Waals surface area contributed by atoms with Gasteiger partial charge < -0.3 is 15.3 Å². The number of amides is 2. The van der Waals surface area contributed by atoms with E-state index in [9.17, 15) is 14.4 Å². The lowest BCUT2D eigenvalue weighted by Gasteiger charge is -2.21. The van der Waals surface area contributed by atoms with Gasteiger partial charge in [-0.05, 0) is 31.0 Å². The molecule has 0 radical (unpaired) electrons. The Morgan fingerprint density at radius 2 is 1.95 bits per heavy atom. The molecule has 0 aliphatic rings. The topological polar surface area (TPSA) is 86.7 Å². The van der Waals surface area contributed by atoms with Crippen LogP contribution in [0.15, 0.2) is 18.2 Å². The minimum atomic E-state index is -1.05. The van der Waals surface area contributed by atoms with Gasteiger partial charge in [-0.15, -0.1) is 0 Å². The van der Waals surface area contributed by atoms with Crippen molar-refractivity contribution in [2.75, 3.05) is 18.4 Å². The summed E-state index contributed by atoms with van der Waals surface area (Å²) in [7, 11) is 0. The standard InChI is InChI=1S/C15H20N2O4/c1-4-7-17(9-14(19)20)15(21)13-8-12(16-11(3)18)6-5-10(13)2/h5-6,8H,4,7,9H2,1-3H3,(H,16,18)(H,19,20). The maximum atomic E-state index is 12.5. The van der Waals surface area contributed by atoms with E-state index in [-0.39, 0.29) is 18.4 Å². The second-order valence-electron chi connectivity index (χ2n) is 4.83. The molecule has 0 spiro atoms. The molecule has 2 N–H and O–H groups in total. The minimum Gasteiger partial charge on any atom is -0.480 e. The summed E-state index contributed by atoms with van der Waals surface area (Å²) in [5.74, 6) is -1.62. The summed E-state index contributed by atoms with van der Waals surface area (Å²) in [6, 6.07) is 5.00. The zero-order valence-electron chi connectivity index (χ0n) is 12.5.